The van der Waals surface area contributed by atoms with Crippen molar-refractivity contribution in [3.8, 4) is 0 Å². The lowest BCUT2D eigenvalue weighted by Gasteiger charge is -2.20. The van der Waals surface area contributed by atoms with E-state index in [1.165, 1.54) is 6.08 Å². The van der Waals surface area contributed by atoms with Gasteiger partial charge in [0.05, 0.1) is 40.9 Å². The topological polar surface area (TPSA) is 29.5 Å². The van der Waals surface area contributed by atoms with Gasteiger partial charge in [0.25, 0.3) is 0 Å². The van der Waals surface area contributed by atoms with E-state index >= 15 is 0 Å². The Morgan fingerprint density at radius 3 is 2.24 bits per heavy atom. The molecule has 2 aromatic rings. The van der Waals surface area contributed by atoms with Gasteiger partial charge in [-0.3, -0.25) is 3.11 Å². The Kier molecular flexibility index (Phi) is 5.80. The highest BCUT2D eigenvalue weighted by Gasteiger charge is 2.13. The number of halogens is 1. The fourth-order valence-corrected chi connectivity index (χ4v) is 2.60. The Hall–Kier alpha value is -1.82. The Labute approximate surface area is 138 Å². The first kappa shape index (κ1) is 15.6. The Balaban J connectivity index is 2.39. The summed E-state index contributed by atoms with van der Waals surface area (Å²) in [5, 5.41) is 0. The molecule has 0 aliphatic heterocycles. The van der Waals surface area contributed by atoms with E-state index in [0.717, 1.165) is 16.9 Å². The van der Waals surface area contributed by atoms with E-state index in [2.05, 4.69) is 22.9 Å². The van der Waals surface area contributed by atoms with Crippen molar-refractivity contribution in [2.75, 3.05) is 9.72 Å². The summed E-state index contributed by atoms with van der Waals surface area (Å²) in [5.41, 5.74) is 2.75. The molecule has 0 aromatic heterocycles. The smallest absolute Gasteiger partial charge is 0.332 e. The predicted molar refractivity (Wildman–Crippen MR) is 94.0 cm³/mol. The van der Waals surface area contributed by atoms with Crippen molar-refractivity contribution < 1.29 is 9.53 Å². The molecule has 0 fully saturated rings. The number of benzene rings is 2. The van der Waals surface area contributed by atoms with Gasteiger partial charge in [-0.2, -0.15) is 0 Å². The number of esters is 1. The van der Waals surface area contributed by atoms with Gasteiger partial charge in [0, 0.05) is 6.08 Å². The number of ether oxygens (including phenoxy) is 1. The fraction of sp³-hybridized carbons (Fsp3) is 0.118. The summed E-state index contributed by atoms with van der Waals surface area (Å²) in [5.74, 6) is -0.339. The van der Waals surface area contributed by atoms with Crippen LogP contribution < -0.4 is 3.11 Å². The normalized spacial score (nSPS) is 11.0. The number of hydrogen-bond donors (Lipinski definition) is 0. The van der Waals surface area contributed by atoms with Crippen LogP contribution in [0.25, 0.3) is 5.70 Å². The van der Waals surface area contributed by atoms with Crippen LogP contribution in [0.5, 0.6) is 0 Å². The molecular formula is C17H16INO2. The molecule has 0 amide bonds. The van der Waals surface area contributed by atoms with Crippen LogP contribution in [0.4, 0.5) is 5.69 Å². The molecule has 0 bridgehead atoms. The van der Waals surface area contributed by atoms with Gasteiger partial charge >= 0.3 is 5.97 Å². The molecule has 0 aliphatic carbocycles. The van der Waals surface area contributed by atoms with Crippen LogP contribution >= 0.6 is 22.9 Å². The number of carbonyl (C=O) groups excluding carboxylic acids is 1. The van der Waals surface area contributed by atoms with Gasteiger partial charge in [0.2, 0.25) is 0 Å². The largest absolute Gasteiger partial charge is 0.463 e. The summed E-state index contributed by atoms with van der Waals surface area (Å²) in [7, 11) is 0. The molecule has 3 nitrogen and oxygen atoms in total. The summed E-state index contributed by atoms with van der Waals surface area (Å²) >= 11 is 2.19. The van der Waals surface area contributed by atoms with Gasteiger partial charge in [-0.1, -0.05) is 48.5 Å². The zero-order valence-electron chi connectivity index (χ0n) is 11.7. The first-order valence-corrected chi connectivity index (χ1v) is 7.63. The summed E-state index contributed by atoms with van der Waals surface area (Å²) in [6.45, 7) is 2.16. The van der Waals surface area contributed by atoms with E-state index in [9.17, 15) is 4.79 Å². The molecule has 21 heavy (non-hydrogen) atoms. The van der Waals surface area contributed by atoms with Crippen LogP contribution in [0.2, 0.25) is 0 Å². The molecule has 0 radical (unpaired) electrons. The second kappa shape index (κ2) is 7.83. The lowest BCUT2D eigenvalue weighted by atomic mass is 10.1. The lowest BCUT2D eigenvalue weighted by Crippen LogP contribution is -2.11. The summed E-state index contributed by atoms with van der Waals surface area (Å²) < 4.78 is 6.98. The van der Waals surface area contributed by atoms with E-state index < -0.39 is 0 Å². The molecule has 0 saturated heterocycles. The second-order valence-corrected chi connectivity index (χ2v) is 5.23. The summed E-state index contributed by atoms with van der Waals surface area (Å²) in [4.78, 5) is 11.8. The van der Waals surface area contributed by atoms with E-state index in [1.54, 1.807) is 6.92 Å². The number of nitrogens with zero attached hydrogens (tertiary/aromatic N) is 1. The highest BCUT2D eigenvalue weighted by Crippen LogP contribution is 2.29. The number of para-hydroxylation sites is 1. The van der Waals surface area contributed by atoms with Crippen LogP contribution in [0, 0.1) is 0 Å². The monoisotopic (exact) mass is 393 g/mol. The van der Waals surface area contributed by atoms with E-state index in [0.29, 0.717) is 6.61 Å². The van der Waals surface area contributed by atoms with Gasteiger partial charge in [-0.15, -0.1) is 0 Å². The third-order valence-corrected chi connectivity index (χ3v) is 3.88. The average Bonchev–Trinajstić information content (AvgIpc) is 2.54. The number of rotatable bonds is 5. The minimum absolute atomic E-state index is 0.339. The molecule has 0 heterocycles. The average molecular weight is 393 g/mol. The molecule has 0 aliphatic rings. The minimum Gasteiger partial charge on any atom is -0.463 e. The summed E-state index contributed by atoms with van der Waals surface area (Å²) in [6.07, 6.45) is 1.53. The molecule has 108 valence electrons. The Morgan fingerprint density at radius 2 is 1.67 bits per heavy atom. The highest BCUT2D eigenvalue weighted by molar-refractivity contribution is 14.1. The van der Waals surface area contributed by atoms with Crippen molar-refractivity contribution in [1.82, 2.24) is 0 Å². The van der Waals surface area contributed by atoms with Gasteiger partial charge in [0.1, 0.15) is 0 Å². The molecule has 0 N–H and O–H groups in total. The molecule has 0 unspecified atom stereocenters. The summed E-state index contributed by atoms with van der Waals surface area (Å²) in [6, 6.07) is 19.7. The van der Waals surface area contributed by atoms with E-state index in [4.69, 9.17) is 4.74 Å². The predicted octanol–water partition coefficient (Wildman–Crippen LogP) is 4.45. The quantitative estimate of drug-likeness (QED) is 0.326. The first-order chi connectivity index (χ1) is 10.2. The van der Waals surface area contributed by atoms with Crippen LogP contribution in [-0.2, 0) is 9.53 Å². The van der Waals surface area contributed by atoms with Crippen molar-refractivity contribution in [2.24, 2.45) is 0 Å². The molecule has 0 atom stereocenters. The maximum atomic E-state index is 11.8. The molecule has 2 aromatic carbocycles. The van der Waals surface area contributed by atoms with Crippen LogP contribution in [0.3, 0.4) is 0 Å². The van der Waals surface area contributed by atoms with Gasteiger partial charge in [0.15, 0.2) is 0 Å². The Morgan fingerprint density at radius 1 is 1.10 bits per heavy atom. The van der Waals surface area contributed by atoms with Crippen LogP contribution in [0.15, 0.2) is 66.7 Å². The van der Waals surface area contributed by atoms with Crippen molar-refractivity contribution in [1.29, 1.82) is 0 Å². The SMILES string of the molecule is CCOC(=O)/C=C(\c1ccccc1)N(I)c1ccccc1. The van der Waals surface area contributed by atoms with E-state index in [-0.39, 0.29) is 5.97 Å². The van der Waals surface area contributed by atoms with E-state index in [1.807, 2.05) is 63.8 Å². The Bertz CT molecular complexity index is 611. The maximum absolute atomic E-state index is 11.8. The standard InChI is InChI=1S/C17H16INO2/c1-2-21-17(20)13-16(14-9-5-3-6-10-14)19(18)15-11-7-4-8-12-15/h3-13H,2H2,1H3/b16-13+. The minimum atomic E-state index is -0.339. The molecule has 0 spiro atoms. The molecule has 0 saturated carbocycles. The molecule has 2 rings (SSSR count). The highest BCUT2D eigenvalue weighted by atomic mass is 127. The fourth-order valence-electron chi connectivity index (χ4n) is 1.86. The zero-order valence-corrected chi connectivity index (χ0v) is 13.9. The van der Waals surface area contributed by atoms with Crippen molar-refractivity contribution in [3.05, 3.63) is 72.3 Å². The van der Waals surface area contributed by atoms with Crippen molar-refractivity contribution >= 4 is 40.2 Å². The van der Waals surface area contributed by atoms with Crippen molar-refractivity contribution in [3.63, 3.8) is 0 Å². The van der Waals surface area contributed by atoms with Crippen LogP contribution in [0.1, 0.15) is 12.5 Å². The molecule has 4 heteroatoms. The van der Waals surface area contributed by atoms with Gasteiger partial charge in [-0.25, -0.2) is 4.79 Å². The number of hydrogen-bond acceptors (Lipinski definition) is 3. The number of carbonyl (C=O) groups is 1. The van der Waals surface area contributed by atoms with Crippen molar-refractivity contribution in [2.45, 2.75) is 6.92 Å². The molecular weight excluding hydrogens is 377 g/mol. The third kappa shape index (κ3) is 4.32. The van der Waals surface area contributed by atoms with Gasteiger partial charge < -0.3 is 4.74 Å². The first-order valence-electron chi connectivity index (χ1n) is 6.67. The van der Waals surface area contributed by atoms with Crippen LogP contribution in [-0.4, -0.2) is 12.6 Å². The second-order valence-electron chi connectivity index (χ2n) is 4.26. The van der Waals surface area contributed by atoms with Gasteiger partial charge in [-0.05, 0) is 24.6 Å². The lowest BCUT2D eigenvalue weighted by molar-refractivity contribution is -0.137. The maximum Gasteiger partial charge on any atom is 0.332 e. The number of anilines is 1. The third-order valence-electron chi connectivity index (χ3n) is 2.81. The zero-order chi connectivity index (χ0) is 15.1.